The predicted octanol–water partition coefficient (Wildman–Crippen LogP) is 5.99. The van der Waals surface area contributed by atoms with E-state index in [4.69, 9.17) is 9.47 Å². The number of hydrogen-bond acceptors (Lipinski definition) is 5. The summed E-state index contributed by atoms with van der Waals surface area (Å²) in [6, 6.07) is 26.4. The molecule has 6 rings (SSSR count). The molecule has 4 aromatic carbocycles. The Hall–Kier alpha value is -5.18. The molecule has 200 valence electrons. The number of ether oxygens (including phenoxy) is 2. The number of nitrogens with zero attached hydrogens (tertiary/aromatic N) is 3. The molecular formula is C31H26FN5O3. The predicted molar refractivity (Wildman–Crippen MR) is 150 cm³/mol. The highest BCUT2D eigenvalue weighted by atomic mass is 19.1. The number of carbonyl (C=O) groups excluding carboxylic acids is 1. The number of fused-ring (bicyclic) bond motifs is 2. The molecule has 2 N–H and O–H groups in total. The van der Waals surface area contributed by atoms with Crippen molar-refractivity contribution in [3.63, 3.8) is 0 Å². The highest BCUT2D eigenvalue weighted by molar-refractivity contribution is 5.94. The van der Waals surface area contributed by atoms with Crippen LogP contribution in [0.5, 0.6) is 11.5 Å². The summed E-state index contributed by atoms with van der Waals surface area (Å²) >= 11 is 0. The van der Waals surface area contributed by atoms with Crippen LogP contribution in [0, 0.1) is 5.82 Å². The maximum atomic E-state index is 13.4. The third-order valence-electron chi connectivity index (χ3n) is 6.71. The molecule has 0 aliphatic rings. The lowest BCUT2D eigenvalue weighted by Gasteiger charge is -2.26. The van der Waals surface area contributed by atoms with E-state index in [1.165, 1.54) is 12.1 Å². The van der Waals surface area contributed by atoms with Crippen molar-refractivity contribution in [2.75, 3.05) is 7.11 Å². The van der Waals surface area contributed by atoms with Crippen LogP contribution >= 0.6 is 0 Å². The number of halogens is 1. The minimum atomic E-state index is -0.548. The largest absolute Gasteiger partial charge is 0.497 e. The van der Waals surface area contributed by atoms with Crippen molar-refractivity contribution in [3.05, 3.63) is 114 Å². The molecule has 0 unspecified atom stereocenters. The van der Waals surface area contributed by atoms with Crippen molar-refractivity contribution in [3.8, 4) is 17.2 Å². The molecule has 9 heteroatoms. The number of carbonyl (C=O) groups is 1. The number of aromatic amines is 1. The molecule has 0 spiro atoms. The van der Waals surface area contributed by atoms with Gasteiger partial charge in [-0.2, -0.15) is 5.10 Å². The van der Waals surface area contributed by atoms with Crippen molar-refractivity contribution in [1.29, 1.82) is 0 Å². The summed E-state index contributed by atoms with van der Waals surface area (Å²) < 4.78 is 27.1. The van der Waals surface area contributed by atoms with Gasteiger partial charge >= 0.3 is 0 Å². The van der Waals surface area contributed by atoms with E-state index >= 15 is 0 Å². The Morgan fingerprint density at radius 2 is 1.80 bits per heavy atom. The van der Waals surface area contributed by atoms with Crippen molar-refractivity contribution in [2.24, 2.45) is 0 Å². The maximum absolute atomic E-state index is 13.4. The lowest BCUT2D eigenvalue weighted by molar-refractivity contribution is 0.0873. The number of imidazole rings is 1. The van der Waals surface area contributed by atoms with E-state index in [9.17, 15) is 9.18 Å². The lowest BCUT2D eigenvalue weighted by Crippen LogP contribution is -2.39. The normalized spacial score (nSPS) is 12.8. The Bertz CT molecular complexity index is 1780. The topological polar surface area (TPSA) is 94.1 Å². The first-order valence-corrected chi connectivity index (χ1v) is 12.8. The first kappa shape index (κ1) is 25.1. The number of hydrogen-bond donors (Lipinski definition) is 2. The molecule has 0 saturated carbocycles. The number of aromatic nitrogens is 4. The van der Waals surface area contributed by atoms with Gasteiger partial charge in [-0.3, -0.25) is 4.79 Å². The van der Waals surface area contributed by atoms with Crippen LogP contribution in [0.2, 0.25) is 0 Å². The summed E-state index contributed by atoms with van der Waals surface area (Å²) in [6.45, 7) is 1.88. The highest BCUT2D eigenvalue weighted by Gasteiger charge is 2.25. The molecule has 0 bridgehead atoms. The average molecular weight is 536 g/mol. The van der Waals surface area contributed by atoms with Gasteiger partial charge in [0.2, 0.25) is 0 Å². The van der Waals surface area contributed by atoms with Crippen LogP contribution in [-0.4, -0.2) is 38.8 Å². The second kappa shape index (κ2) is 10.5. The molecule has 40 heavy (non-hydrogen) atoms. The van der Waals surface area contributed by atoms with Gasteiger partial charge in [-0.15, -0.1) is 0 Å². The molecule has 2 aromatic heterocycles. The summed E-state index contributed by atoms with van der Waals surface area (Å²) in [6.07, 6.45) is 1.19. The first-order valence-electron chi connectivity index (χ1n) is 12.8. The summed E-state index contributed by atoms with van der Waals surface area (Å²) in [7, 11) is 1.61. The minimum Gasteiger partial charge on any atom is -0.497 e. The SMILES string of the molecule is COc1cccc([C@@H](Oc2ccc3c(cnn3-c3ccc(F)cc3)c2)[C@H](C)NC(=O)c2nc3ccccc3[nH]2)c1. The monoisotopic (exact) mass is 535 g/mol. The van der Waals surface area contributed by atoms with E-state index in [1.54, 1.807) is 30.1 Å². The van der Waals surface area contributed by atoms with Gasteiger partial charge in [-0.1, -0.05) is 24.3 Å². The zero-order valence-electron chi connectivity index (χ0n) is 21.8. The molecule has 6 aromatic rings. The van der Waals surface area contributed by atoms with E-state index in [-0.39, 0.29) is 17.5 Å². The third-order valence-corrected chi connectivity index (χ3v) is 6.71. The average Bonchev–Trinajstić information content (AvgIpc) is 3.61. The number of rotatable bonds is 8. The van der Waals surface area contributed by atoms with E-state index < -0.39 is 12.1 Å². The maximum Gasteiger partial charge on any atom is 0.287 e. The van der Waals surface area contributed by atoms with Crippen LogP contribution in [0.3, 0.4) is 0 Å². The van der Waals surface area contributed by atoms with Crippen LogP contribution in [0.4, 0.5) is 4.39 Å². The van der Waals surface area contributed by atoms with E-state index in [0.717, 1.165) is 33.2 Å². The van der Waals surface area contributed by atoms with Gasteiger partial charge in [0.1, 0.15) is 23.4 Å². The molecule has 2 heterocycles. The minimum absolute atomic E-state index is 0.229. The smallest absolute Gasteiger partial charge is 0.287 e. The molecule has 8 nitrogen and oxygen atoms in total. The van der Waals surface area contributed by atoms with Gasteiger partial charge in [0.25, 0.3) is 5.91 Å². The Labute approximate surface area is 229 Å². The quantitative estimate of drug-likeness (QED) is 0.250. The summed E-state index contributed by atoms with van der Waals surface area (Å²) in [5, 5.41) is 8.36. The van der Waals surface area contributed by atoms with Gasteiger partial charge in [0.15, 0.2) is 5.82 Å². The van der Waals surface area contributed by atoms with E-state index in [2.05, 4.69) is 20.4 Å². The van der Waals surface area contributed by atoms with Crippen molar-refractivity contribution in [2.45, 2.75) is 19.1 Å². The van der Waals surface area contributed by atoms with Crippen LogP contribution in [0.25, 0.3) is 27.6 Å². The van der Waals surface area contributed by atoms with E-state index in [1.807, 2.05) is 73.7 Å². The molecule has 0 aliphatic heterocycles. The Morgan fingerprint density at radius 3 is 2.60 bits per heavy atom. The summed E-state index contributed by atoms with van der Waals surface area (Å²) in [4.78, 5) is 20.6. The van der Waals surface area contributed by atoms with Crippen molar-refractivity contribution in [1.82, 2.24) is 25.1 Å². The molecule has 2 atom stereocenters. The molecule has 0 radical (unpaired) electrons. The number of para-hydroxylation sites is 2. The van der Waals surface area contributed by atoms with Gasteiger partial charge in [0.05, 0.1) is 41.6 Å². The number of methoxy groups -OCH3 is 1. The second-order valence-corrected chi connectivity index (χ2v) is 9.43. The Balaban J connectivity index is 1.29. The van der Waals surface area contributed by atoms with Gasteiger partial charge < -0.3 is 19.8 Å². The second-order valence-electron chi connectivity index (χ2n) is 9.43. The fourth-order valence-corrected chi connectivity index (χ4v) is 4.71. The van der Waals surface area contributed by atoms with Gasteiger partial charge in [-0.25, -0.2) is 14.1 Å². The first-order chi connectivity index (χ1) is 19.5. The summed E-state index contributed by atoms with van der Waals surface area (Å²) in [5.41, 5.74) is 3.94. The Morgan fingerprint density at radius 1 is 0.975 bits per heavy atom. The number of nitrogens with one attached hydrogen (secondary N) is 2. The molecular weight excluding hydrogens is 509 g/mol. The van der Waals surface area contributed by atoms with Crippen molar-refractivity contribution < 1.29 is 18.7 Å². The van der Waals surface area contributed by atoms with E-state index in [0.29, 0.717) is 11.5 Å². The lowest BCUT2D eigenvalue weighted by atomic mass is 10.0. The number of amides is 1. The van der Waals surface area contributed by atoms with Crippen LogP contribution in [-0.2, 0) is 0 Å². The third kappa shape index (κ3) is 4.96. The molecule has 0 saturated heterocycles. The number of H-pyrrole nitrogens is 1. The fourth-order valence-electron chi connectivity index (χ4n) is 4.71. The zero-order chi connectivity index (χ0) is 27.6. The van der Waals surface area contributed by atoms with Crippen LogP contribution in [0.15, 0.2) is 97.2 Å². The molecule has 0 aliphatic carbocycles. The molecule has 0 fully saturated rings. The molecule has 1 amide bonds. The van der Waals surface area contributed by atoms with Crippen LogP contribution in [0.1, 0.15) is 29.2 Å². The van der Waals surface area contributed by atoms with Crippen molar-refractivity contribution >= 4 is 27.8 Å². The zero-order valence-corrected chi connectivity index (χ0v) is 21.8. The highest BCUT2D eigenvalue weighted by Crippen LogP contribution is 2.30. The summed E-state index contributed by atoms with van der Waals surface area (Å²) in [5.74, 6) is 0.867. The standard InChI is InChI=1S/C31H26FN5O3/c1-19(34-31(38)30-35-26-8-3-4-9-27(26)36-30)29(20-6-5-7-24(16-20)39-2)40-25-14-15-28-21(17-25)18-33-37(28)23-12-10-22(32)11-13-23/h3-19,29H,1-2H3,(H,34,38)(H,35,36)/t19-,29-/m0/s1. The fraction of sp³-hybridized carbons (Fsp3) is 0.129. The number of benzene rings is 4. The van der Waals surface area contributed by atoms with Crippen LogP contribution < -0.4 is 14.8 Å². The Kier molecular flexibility index (Phi) is 6.61. The van der Waals surface area contributed by atoms with Gasteiger partial charge in [0, 0.05) is 5.39 Å². The van der Waals surface area contributed by atoms with Gasteiger partial charge in [-0.05, 0) is 79.2 Å².